The van der Waals surface area contributed by atoms with E-state index in [0.717, 1.165) is 25.7 Å². The van der Waals surface area contributed by atoms with Crippen LogP contribution in [0.25, 0.3) is 0 Å². The lowest BCUT2D eigenvalue weighted by molar-refractivity contribution is 0.0916. The molecule has 0 bridgehead atoms. The second-order valence-corrected chi connectivity index (χ2v) is 4.45. The van der Waals surface area contributed by atoms with Gasteiger partial charge in [-0.3, -0.25) is 4.79 Å². The monoisotopic (exact) mass is 222 g/mol. The minimum atomic E-state index is -0.122. The molecule has 5 nitrogen and oxygen atoms in total. The summed E-state index contributed by atoms with van der Waals surface area (Å²) >= 11 is 0. The van der Waals surface area contributed by atoms with Gasteiger partial charge in [-0.25, -0.2) is 4.98 Å². The molecule has 0 radical (unpaired) electrons. The molecule has 0 spiro atoms. The van der Waals surface area contributed by atoms with Crippen molar-refractivity contribution in [2.75, 3.05) is 0 Å². The number of nitrogens with zero attached hydrogens (tertiary/aromatic N) is 2. The van der Waals surface area contributed by atoms with Crippen LogP contribution in [0.1, 0.15) is 36.2 Å². The summed E-state index contributed by atoms with van der Waals surface area (Å²) in [6.45, 7) is 0. The second kappa shape index (κ2) is 4.65. The van der Waals surface area contributed by atoms with E-state index in [1.807, 2.05) is 7.05 Å². The molecule has 5 heteroatoms. The lowest BCUT2D eigenvalue weighted by Gasteiger charge is -2.28. The Balaban J connectivity index is 1.96. The smallest absolute Gasteiger partial charge is 0.271 e. The fourth-order valence-corrected chi connectivity index (χ4v) is 2.11. The Bertz CT molecular complexity index is 374. The average Bonchev–Trinajstić information content (AvgIpc) is 2.68. The number of hydrogen-bond donors (Lipinski definition) is 2. The van der Waals surface area contributed by atoms with E-state index in [2.05, 4.69) is 10.3 Å². The van der Waals surface area contributed by atoms with Crippen LogP contribution >= 0.6 is 0 Å². The highest BCUT2D eigenvalue weighted by Crippen LogP contribution is 2.17. The molecular formula is C11H18N4O. The van der Waals surface area contributed by atoms with Crippen LogP contribution < -0.4 is 11.1 Å². The molecule has 2 unspecified atom stereocenters. The first-order chi connectivity index (χ1) is 7.66. The van der Waals surface area contributed by atoms with Gasteiger partial charge in [-0.15, -0.1) is 0 Å². The van der Waals surface area contributed by atoms with Gasteiger partial charge in [0.25, 0.3) is 5.91 Å². The third-order valence-corrected chi connectivity index (χ3v) is 3.07. The maximum absolute atomic E-state index is 11.8. The number of amides is 1. The molecular weight excluding hydrogens is 204 g/mol. The van der Waals surface area contributed by atoms with E-state index in [1.165, 1.54) is 0 Å². The zero-order valence-corrected chi connectivity index (χ0v) is 9.52. The van der Waals surface area contributed by atoms with Crippen molar-refractivity contribution in [3.63, 3.8) is 0 Å². The number of nitrogens with two attached hydrogens (primary N) is 1. The maximum atomic E-state index is 11.8. The van der Waals surface area contributed by atoms with Crippen molar-refractivity contribution in [1.82, 2.24) is 14.9 Å². The molecule has 3 N–H and O–H groups in total. The summed E-state index contributed by atoms with van der Waals surface area (Å²) in [6, 6.07) is 0.185. The van der Waals surface area contributed by atoms with E-state index in [-0.39, 0.29) is 18.0 Å². The van der Waals surface area contributed by atoms with Crippen LogP contribution in [-0.2, 0) is 7.05 Å². The molecule has 0 aliphatic heterocycles. The summed E-state index contributed by atoms with van der Waals surface area (Å²) in [7, 11) is 1.84. The first-order valence-electron chi connectivity index (χ1n) is 5.71. The minimum absolute atomic E-state index is 0.0846. The van der Waals surface area contributed by atoms with Gasteiger partial charge in [-0.05, 0) is 12.8 Å². The molecule has 1 aliphatic rings. The standard InChI is InChI=1S/C11H18N4O/c1-15-6-10(13-7-15)11(16)14-9-5-3-2-4-8(9)12/h6-9H,2-5,12H2,1H3,(H,14,16). The van der Waals surface area contributed by atoms with Crippen LogP contribution in [0.15, 0.2) is 12.5 Å². The number of carbonyl (C=O) groups is 1. The molecule has 1 aromatic rings. The number of imidazole rings is 1. The molecule has 1 amide bonds. The van der Waals surface area contributed by atoms with E-state index in [4.69, 9.17) is 5.73 Å². The predicted molar refractivity (Wildman–Crippen MR) is 60.9 cm³/mol. The molecule has 0 saturated heterocycles. The number of nitrogens with one attached hydrogen (secondary N) is 1. The summed E-state index contributed by atoms with van der Waals surface area (Å²) in [5, 5.41) is 2.96. The summed E-state index contributed by atoms with van der Waals surface area (Å²) < 4.78 is 1.76. The minimum Gasteiger partial charge on any atom is -0.346 e. The summed E-state index contributed by atoms with van der Waals surface area (Å²) in [5.41, 5.74) is 6.43. The first-order valence-corrected chi connectivity index (χ1v) is 5.71. The summed E-state index contributed by atoms with van der Waals surface area (Å²) in [4.78, 5) is 15.8. The Kier molecular flexibility index (Phi) is 3.24. The lowest BCUT2D eigenvalue weighted by atomic mass is 9.91. The van der Waals surface area contributed by atoms with Crippen LogP contribution in [0.4, 0.5) is 0 Å². The van der Waals surface area contributed by atoms with E-state index in [0.29, 0.717) is 5.69 Å². The van der Waals surface area contributed by atoms with Gasteiger partial charge in [0.1, 0.15) is 5.69 Å². The van der Waals surface area contributed by atoms with E-state index < -0.39 is 0 Å². The molecule has 1 aromatic heterocycles. The van der Waals surface area contributed by atoms with Gasteiger partial charge in [0.15, 0.2) is 0 Å². The highest BCUT2D eigenvalue weighted by Gasteiger charge is 2.24. The van der Waals surface area contributed by atoms with Gasteiger partial charge < -0.3 is 15.6 Å². The number of aromatic nitrogens is 2. The average molecular weight is 222 g/mol. The zero-order chi connectivity index (χ0) is 11.5. The van der Waals surface area contributed by atoms with Gasteiger partial charge >= 0.3 is 0 Å². The molecule has 16 heavy (non-hydrogen) atoms. The van der Waals surface area contributed by atoms with Crippen molar-refractivity contribution in [3.05, 3.63) is 18.2 Å². The topological polar surface area (TPSA) is 72.9 Å². The number of hydrogen-bond acceptors (Lipinski definition) is 3. The van der Waals surface area contributed by atoms with E-state index in [1.54, 1.807) is 17.1 Å². The molecule has 1 aliphatic carbocycles. The van der Waals surface area contributed by atoms with Crippen LogP contribution in [0.2, 0.25) is 0 Å². The van der Waals surface area contributed by atoms with Crippen LogP contribution in [0.3, 0.4) is 0 Å². The van der Waals surface area contributed by atoms with Crippen LogP contribution in [0, 0.1) is 0 Å². The molecule has 1 heterocycles. The van der Waals surface area contributed by atoms with Gasteiger partial charge in [0, 0.05) is 25.3 Å². The third-order valence-electron chi connectivity index (χ3n) is 3.07. The zero-order valence-electron chi connectivity index (χ0n) is 9.52. The fourth-order valence-electron chi connectivity index (χ4n) is 2.11. The molecule has 0 aromatic carbocycles. The van der Waals surface area contributed by atoms with Crippen molar-refractivity contribution >= 4 is 5.91 Å². The third kappa shape index (κ3) is 2.41. The van der Waals surface area contributed by atoms with Gasteiger partial charge in [-0.2, -0.15) is 0 Å². The Morgan fingerprint density at radius 2 is 2.31 bits per heavy atom. The molecule has 2 rings (SSSR count). The largest absolute Gasteiger partial charge is 0.346 e. The number of rotatable bonds is 2. The van der Waals surface area contributed by atoms with Gasteiger partial charge in [0.05, 0.1) is 6.33 Å². The molecule has 1 saturated carbocycles. The first kappa shape index (κ1) is 11.1. The lowest BCUT2D eigenvalue weighted by Crippen LogP contribution is -2.49. The SMILES string of the molecule is Cn1cnc(C(=O)NC2CCCCC2N)c1. The molecule has 88 valence electrons. The van der Waals surface area contributed by atoms with Crippen LogP contribution in [0.5, 0.6) is 0 Å². The second-order valence-electron chi connectivity index (χ2n) is 4.45. The normalized spacial score (nSPS) is 25.4. The highest BCUT2D eigenvalue weighted by atomic mass is 16.2. The Morgan fingerprint density at radius 3 is 2.94 bits per heavy atom. The van der Waals surface area contributed by atoms with Gasteiger partial charge in [-0.1, -0.05) is 12.8 Å². The van der Waals surface area contributed by atoms with Gasteiger partial charge in [0.2, 0.25) is 0 Å². The Morgan fingerprint density at radius 1 is 1.56 bits per heavy atom. The van der Waals surface area contributed by atoms with Crippen molar-refractivity contribution in [1.29, 1.82) is 0 Å². The molecule has 1 fully saturated rings. The Labute approximate surface area is 95.0 Å². The van der Waals surface area contributed by atoms with E-state index in [9.17, 15) is 4.79 Å². The molecule has 2 atom stereocenters. The highest BCUT2D eigenvalue weighted by molar-refractivity contribution is 5.92. The van der Waals surface area contributed by atoms with Crippen molar-refractivity contribution < 1.29 is 4.79 Å². The van der Waals surface area contributed by atoms with Crippen molar-refractivity contribution in [2.24, 2.45) is 12.8 Å². The fraction of sp³-hybridized carbons (Fsp3) is 0.636. The number of carbonyl (C=O) groups excluding carboxylic acids is 1. The van der Waals surface area contributed by atoms with Crippen LogP contribution in [-0.4, -0.2) is 27.5 Å². The predicted octanol–water partition coefficient (Wildman–Crippen LogP) is 0.420. The maximum Gasteiger partial charge on any atom is 0.271 e. The summed E-state index contributed by atoms with van der Waals surface area (Å²) in [6.07, 6.45) is 7.60. The Hall–Kier alpha value is -1.36. The van der Waals surface area contributed by atoms with Crippen molar-refractivity contribution in [2.45, 2.75) is 37.8 Å². The quantitative estimate of drug-likeness (QED) is 0.761. The van der Waals surface area contributed by atoms with E-state index >= 15 is 0 Å². The summed E-state index contributed by atoms with van der Waals surface area (Å²) in [5.74, 6) is -0.122. The van der Waals surface area contributed by atoms with Crippen molar-refractivity contribution in [3.8, 4) is 0 Å². The number of aryl methyl sites for hydroxylation is 1.